The molecular formula is C24H30N4O3S. The lowest BCUT2D eigenvalue weighted by atomic mass is 9.72. The van der Waals surface area contributed by atoms with Crippen molar-refractivity contribution in [2.75, 3.05) is 26.1 Å². The van der Waals surface area contributed by atoms with E-state index < -0.39 is 0 Å². The van der Waals surface area contributed by atoms with Gasteiger partial charge in [0, 0.05) is 19.3 Å². The minimum Gasteiger partial charge on any atom is -0.474 e. The number of hydrogen-bond acceptors (Lipinski definition) is 8. The number of rotatable bonds is 9. The van der Waals surface area contributed by atoms with Crippen LogP contribution in [0.4, 0.5) is 0 Å². The maximum Gasteiger partial charge on any atom is 0.232 e. The summed E-state index contributed by atoms with van der Waals surface area (Å²) in [6, 6.07) is 8.28. The largest absolute Gasteiger partial charge is 0.474 e. The van der Waals surface area contributed by atoms with Crippen molar-refractivity contribution in [1.29, 1.82) is 0 Å². The minimum atomic E-state index is -0.283. The first-order chi connectivity index (χ1) is 15.6. The van der Waals surface area contributed by atoms with Crippen LogP contribution in [0.5, 0.6) is 5.88 Å². The molecule has 2 N–H and O–H groups in total. The number of thioether (sulfide) groups is 1. The molecule has 1 saturated carbocycles. The number of methoxy groups -OCH3 is 1. The minimum absolute atomic E-state index is 0.0754. The van der Waals surface area contributed by atoms with Gasteiger partial charge >= 0.3 is 0 Å². The Bertz CT molecular complexity index is 960. The number of Topliss-reactive ketones (excluding diaryl/α,β-unsaturated/α-hetero) is 1. The highest BCUT2D eigenvalue weighted by Crippen LogP contribution is 2.47. The highest BCUT2D eigenvalue weighted by atomic mass is 32.2. The van der Waals surface area contributed by atoms with E-state index in [0.29, 0.717) is 35.9 Å². The third-order valence-corrected chi connectivity index (χ3v) is 7.24. The van der Waals surface area contributed by atoms with Crippen LogP contribution < -0.4 is 10.5 Å². The van der Waals surface area contributed by atoms with Gasteiger partial charge in [0.05, 0.1) is 19.0 Å². The van der Waals surface area contributed by atoms with Gasteiger partial charge in [-0.05, 0) is 29.9 Å². The molecule has 1 aromatic heterocycles. The lowest BCUT2D eigenvalue weighted by Crippen LogP contribution is -2.35. The predicted molar refractivity (Wildman–Crippen MR) is 126 cm³/mol. The van der Waals surface area contributed by atoms with Crippen LogP contribution >= 0.6 is 11.8 Å². The van der Waals surface area contributed by atoms with E-state index in [-0.39, 0.29) is 17.7 Å². The van der Waals surface area contributed by atoms with E-state index in [4.69, 9.17) is 20.2 Å². The molecule has 1 aliphatic heterocycles. The van der Waals surface area contributed by atoms with Gasteiger partial charge in [0.1, 0.15) is 17.8 Å². The zero-order valence-corrected chi connectivity index (χ0v) is 19.3. The summed E-state index contributed by atoms with van der Waals surface area (Å²) in [5.41, 5.74) is 8.29. The fraction of sp³-hybridized carbons (Fsp3) is 0.500. The van der Waals surface area contributed by atoms with Crippen molar-refractivity contribution in [1.82, 2.24) is 9.97 Å². The van der Waals surface area contributed by atoms with Crippen molar-refractivity contribution in [3.05, 3.63) is 53.5 Å². The second kappa shape index (κ2) is 10.4. The topological polar surface area (TPSA) is 99.7 Å². The zero-order chi connectivity index (χ0) is 22.4. The van der Waals surface area contributed by atoms with Crippen molar-refractivity contribution in [3.63, 3.8) is 0 Å². The fourth-order valence-electron chi connectivity index (χ4n) is 4.61. The molecule has 0 saturated heterocycles. The molecule has 0 spiro atoms. The second-order valence-electron chi connectivity index (χ2n) is 8.38. The molecule has 1 fully saturated rings. The third-order valence-electron chi connectivity index (χ3n) is 6.27. The molecule has 8 heteroatoms. The Kier molecular flexibility index (Phi) is 7.42. The molecule has 2 aromatic rings. The number of benzene rings is 1. The Hall–Kier alpha value is -2.45. The Morgan fingerprint density at radius 3 is 2.72 bits per heavy atom. The number of amidine groups is 1. The molecule has 2 aliphatic rings. The predicted octanol–water partition coefficient (Wildman–Crippen LogP) is 3.76. The van der Waals surface area contributed by atoms with Crippen LogP contribution in [0.25, 0.3) is 0 Å². The molecule has 4 rings (SSSR count). The van der Waals surface area contributed by atoms with Gasteiger partial charge in [0.25, 0.3) is 0 Å². The molecule has 1 atom stereocenters. The molecule has 32 heavy (non-hydrogen) atoms. The maximum absolute atomic E-state index is 12.8. The Balaban J connectivity index is 1.49. The first-order valence-electron chi connectivity index (χ1n) is 11.2. The summed E-state index contributed by atoms with van der Waals surface area (Å²) in [6.45, 7) is 0.856. The molecule has 0 amide bonds. The number of aromatic nitrogens is 2. The van der Waals surface area contributed by atoms with Gasteiger partial charge in [-0.25, -0.2) is 9.97 Å². The van der Waals surface area contributed by atoms with Gasteiger partial charge in [-0.2, -0.15) is 0 Å². The molecule has 7 nitrogen and oxygen atoms in total. The Labute approximate surface area is 193 Å². The van der Waals surface area contributed by atoms with Crippen molar-refractivity contribution < 1.29 is 14.3 Å². The van der Waals surface area contributed by atoms with Crippen molar-refractivity contribution in [3.8, 4) is 5.88 Å². The van der Waals surface area contributed by atoms with E-state index in [1.165, 1.54) is 44.5 Å². The smallest absolute Gasteiger partial charge is 0.232 e. The number of nitrogens with two attached hydrogens (primary N) is 1. The number of carbonyl (C=O) groups is 1. The lowest BCUT2D eigenvalue weighted by Gasteiger charge is -2.37. The average molecular weight is 455 g/mol. The summed E-state index contributed by atoms with van der Waals surface area (Å²) in [7, 11) is 1.61. The monoisotopic (exact) mass is 454 g/mol. The summed E-state index contributed by atoms with van der Waals surface area (Å²) in [5, 5.41) is 0.667. The molecular weight excluding hydrogens is 424 g/mol. The first kappa shape index (κ1) is 22.7. The highest BCUT2D eigenvalue weighted by molar-refractivity contribution is 8.14. The summed E-state index contributed by atoms with van der Waals surface area (Å²) < 4.78 is 10.4. The number of nitrogens with zero attached hydrogens (tertiary/aromatic N) is 3. The van der Waals surface area contributed by atoms with E-state index in [1.54, 1.807) is 18.9 Å². The van der Waals surface area contributed by atoms with Crippen molar-refractivity contribution >= 4 is 22.7 Å². The second-order valence-corrected chi connectivity index (χ2v) is 9.37. The van der Waals surface area contributed by atoms with E-state index >= 15 is 0 Å². The van der Waals surface area contributed by atoms with E-state index in [9.17, 15) is 4.79 Å². The molecule has 2 heterocycles. The molecule has 170 valence electrons. The maximum atomic E-state index is 12.8. The van der Waals surface area contributed by atoms with Gasteiger partial charge in [0.15, 0.2) is 11.0 Å². The van der Waals surface area contributed by atoms with Crippen molar-refractivity contribution in [2.24, 2.45) is 16.6 Å². The standard InChI is InChI=1S/C24H30N4O3S/c1-30-10-11-31-22-15-26-20(14-27-22)21(29)13-17-6-5-9-19(12-17)24(16-32-23(25)28-24)18-7-3-2-4-8-18/h5-6,9,12,14-15,18H,2-4,7-8,10-11,13,16H2,1H3,(H2,25,28). The van der Waals surface area contributed by atoms with Crippen LogP contribution in [0.1, 0.15) is 53.7 Å². The number of ether oxygens (including phenoxy) is 2. The van der Waals surface area contributed by atoms with Crippen LogP contribution in [0.3, 0.4) is 0 Å². The number of hydrogen-bond donors (Lipinski definition) is 1. The number of ketones is 1. The van der Waals surface area contributed by atoms with Crippen LogP contribution in [-0.4, -0.2) is 47.0 Å². The summed E-state index contributed by atoms with van der Waals surface area (Å²) in [6.07, 6.45) is 9.35. The fourth-order valence-corrected chi connectivity index (χ4v) is 5.67. The highest BCUT2D eigenvalue weighted by Gasteiger charge is 2.44. The quantitative estimate of drug-likeness (QED) is 0.455. The zero-order valence-electron chi connectivity index (χ0n) is 18.5. The summed E-state index contributed by atoms with van der Waals surface area (Å²) in [4.78, 5) is 26.2. The van der Waals surface area contributed by atoms with Crippen LogP contribution in [-0.2, 0) is 16.7 Å². The molecule has 1 aromatic carbocycles. The van der Waals surface area contributed by atoms with Crippen molar-refractivity contribution in [2.45, 2.75) is 44.1 Å². The number of aliphatic imine (C=N–C) groups is 1. The van der Waals surface area contributed by atoms with Crippen LogP contribution in [0, 0.1) is 5.92 Å². The molecule has 1 aliphatic carbocycles. The van der Waals surface area contributed by atoms with Crippen LogP contribution in [0.15, 0.2) is 41.7 Å². The SMILES string of the molecule is COCCOc1cnc(C(=O)Cc2cccc(C3(C4CCCCC4)CSC(N)=N3)c2)cn1. The Morgan fingerprint density at radius 2 is 2.03 bits per heavy atom. The van der Waals surface area contributed by atoms with E-state index in [0.717, 1.165) is 16.9 Å². The van der Waals surface area contributed by atoms with Gasteiger partial charge in [0.2, 0.25) is 5.88 Å². The lowest BCUT2D eigenvalue weighted by molar-refractivity contribution is 0.0987. The number of carbonyl (C=O) groups excluding carboxylic acids is 1. The molecule has 1 unspecified atom stereocenters. The third kappa shape index (κ3) is 5.13. The van der Waals surface area contributed by atoms with Gasteiger partial charge in [-0.15, -0.1) is 0 Å². The first-order valence-corrected chi connectivity index (χ1v) is 12.1. The van der Waals surface area contributed by atoms with Gasteiger partial charge in [-0.3, -0.25) is 9.79 Å². The summed E-state index contributed by atoms with van der Waals surface area (Å²) in [5.74, 6) is 1.67. The Morgan fingerprint density at radius 1 is 1.19 bits per heavy atom. The van der Waals surface area contributed by atoms with Gasteiger partial charge in [-0.1, -0.05) is 55.3 Å². The average Bonchev–Trinajstić information content (AvgIpc) is 3.23. The summed E-state index contributed by atoms with van der Waals surface area (Å²) >= 11 is 1.64. The normalized spacial score (nSPS) is 21.3. The van der Waals surface area contributed by atoms with Gasteiger partial charge < -0.3 is 15.2 Å². The molecule has 0 radical (unpaired) electrons. The van der Waals surface area contributed by atoms with Crippen LogP contribution in [0.2, 0.25) is 0 Å². The molecule has 0 bridgehead atoms. The van der Waals surface area contributed by atoms with E-state index in [1.807, 2.05) is 12.1 Å². The van der Waals surface area contributed by atoms with E-state index in [2.05, 4.69) is 22.1 Å².